The Morgan fingerprint density at radius 1 is 0.342 bits per heavy atom. The maximum atomic E-state index is 12.5. The third-order valence-corrected chi connectivity index (χ3v) is 17.3. The number of aliphatic hydroxyl groups excluding tert-OH is 2. The Morgan fingerprint density at radius 3 is 0.861 bits per heavy atom. The topological polar surface area (TPSA) is 95.9 Å². The summed E-state index contributed by atoms with van der Waals surface area (Å²) < 4.78 is 5.50. The monoisotopic (exact) mass is 1110 g/mol. The molecule has 470 valence electrons. The minimum Gasteiger partial charge on any atom is -0.466 e. The third-order valence-electron chi connectivity index (χ3n) is 17.3. The van der Waals surface area contributed by atoms with Crippen molar-refractivity contribution in [3.8, 4) is 0 Å². The summed E-state index contributed by atoms with van der Waals surface area (Å²) in [4.78, 5) is 24.6. The Labute approximate surface area is 495 Å². The summed E-state index contributed by atoms with van der Waals surface area (Å²) in [6.07, 6.45) is 85.8. The second-order valence-electron chi connectivity index (χ2n) is 25.3. The van der Waals surface area contributed by atoms with Crippen LogP contribution in [0.25, 0.3) is 0 Å². The number of hydrogen-bond donors (Lipinski definition) is 3. The van der Waals surface area contributed by atoms with Crippen LogP contribution in [-0.2, 0) is 14.3 Å². The lowest BCUT2D eigenvalue weighted by molar-refractivity contribution is -0.143. The normalized spacial score (nSPS) is 12.5. The number of unbranched alkanes of at least 4 members (excludes halogenated alkanes) is 58. The maximum absolute atomic E-state index is 12.5. The van der Waals surface area contributed by atoms with Gasteiger partial charge in [-0.25, -0.2) is 0 Å². The summed E-state index contributed by atoms with van der Waals surface area (Å²) in [5, 5.41) is 23.3. The van der Waals surface area contributed by atoms with Crippen LogP contribution in [0.4, 0.5) is 0 Å². The van der Waals surface area contributed by atoms with Gasteiger partial charge in [0, 0.05) is 12.8 Å². The lowest BCUT2D eigenvalue weighted by Gasteiger charge is -2.20. The number of allylic oxidation sites excluding steroid dienone is 1. The number of carbonyl (C=O) groups excluding carboxylic acids is 2. The van der Waals surface area contributed by atoms with Crippen molar-refractivity contribution in [3.63, 3.8) is 0 Å². The predicted octanol–water partition coefficient (Wildman–Crippen LogP) is 23.5. The SMILES string of the molecule is CCCCCCCCCCCCCCCCCCCCCCC/C=C/C(O)C(CO)NC(=O)CCCCCCCCCCCCCCCCCCCCCCCCCCCOC(=O)CCCCCCCCCCCCCCCC. The molecule has 0 aromatic heterocycles. The first kappa shape index (κ1) is 77.6. The Morgan fingerprint density at radius 2 is 0.582 bits per heavy atom. The summed E-state index contributed by atoms with van der Waals surface area (Å²) in [6, 6.07) is -0.627. The Balaban J connectivity index is 3.38. The first-order valence-electron chi connectivity index (χ1n) is 36.5. The summed E-state index contributed by atoms with van der Waals surface area (Å²) in [5.41, 5.74) is 0. The zero-order valence-electron chi connectivity index (χ0n) is 53.9. The van der Waals surface area contributed by atoms with E-state index in [-0.39, 0.29) is 18.5 Å². The number of nitrogens with one attached hydrogen (secondary N) is 1. The van der Waals surface area contributed by atoms with Crippen LogP contribution in [0.15, 0.2) is 12.2 Å². The van der Waals surface area contributed by atoms with E-state index in [1.807, 2.05) is 6.08 Å². The van der Waals surface area contributed by atoms with E-state index in [1.54, 1.807) is 6.08 Å². The molecule has 0 aromatic carbocycles. The van der Waals surface area contributed by atoms with Gasteiger partial charge in [0.05, 0.1) is 25.4 Å². The van der Waals surface area contributed by atoms with E-state index in [0.29, 0.717) is 19.4 Å². The van der Waals surface area contributed by atoms with Gasteiger partial charge >= 0.3 is 5.97 Å². The highest BCUT2D eigenvalue weighted by atomic mass is 16.5. The number of aliphatic hydroxyl groups is 2. The molecule has 0 saturated heterocycles. The average molecular weight is 1110 g/mol. The van der Waals surface area contributed by atoms with Crippen LogP contribution in [0.3, 0.4) is 0 Å². The maximum Gasteiger partial charge on any atom is 0.305 e. The minimum absolute atomic E-state index is 0.0194. The average Bonchev–Trinajstić information content (AvgIpc) is 3.45. The quantitative estimate of drug-likeness (QED) is 0.0320. The van der Waals surface area contributed by atoms with Crippen molar-refractivity contribution in [1.29, 1.82) is 0 Å². The van der Waals surface area contributed by atoms with Crippen LogP contribution in [0.5, 0.6) is 0 Å². The van der Waals surface area contributed by atoms with Crippen LogP contribution in [0.2, 0.25) is 0 Å². The van der Waals surface area contributed by atoms with Crippen molar-refractivity contribution in [3.05, 3.63) is 12.2 Å². The zero-order valence-corrected chi connectivity index (χ0v) is 53.9. The molecule has 0 saturated carbocycles. The summed E-state index contributed by atoms with van der Waals surface area (Å²) >= 11 is 0. The van der Waals surface area contributed by atoms with Crippen molar-refractivity contribution >= 4 is 11.9 Å². The summed E-state index contributed by atoms with van der Waals surface area (Å²) in [7, 11) is 0. The highest BCUT2D eigenvalue weighted by molar-refractivity contribution is 5.76. The van der Waals surface area contributed by atoms with Crippen molar-refractivity contribution < 1.29 is 24.5 Å². The highest BCUT2D eigenvalue weighted by Crippen LogP contribution is 2.19. The van der Waals surface area contributed by atoms with Gasteiger partial charge < -0.3 is 20.3 Å². The Bertz CT molecular complexity index is 1190. The van der Waals surface area contributed by atoms with Gasteiger partial charge in [0.25, 0.3) is 0 Å². The van der Waals surface area contributed by atoms with E-state index in [2.05, 4.69) is 19.2 Å². The lowest BCUT2D eigenvalue weighted by Crippen LogP contribution is -2.45. The highest BCUT2D eigenvalue weighted by Gasteiger charge is 2.18. The van der Waals surface area contributed by atoms with Gasteiger partial charge in [-0.1, -0.05) is 386 Å². The van der Waals surface area contributed by atoms with Gasteiger partial charge in [-0.3, -0.25) is 9.59 Å². The number of esters is 1. The molecule has 0 fully saturated rings. The number of ether oxygens (including phenoxy) is 1. The minimum atomic E-state index is -0.844. The molecule has 0 bridgehead atoms. The first-order chi connectivity index (χ1) is 39.0. The molecule has 1 amide bonds. The molecule has 6 heteroatoms. The van der Waals surface area contributed by atoms with Gasteiger partial charge in [0.1, 0.15) is 0 Å². The van der Waals surface area contributed by atoms with Crippen LogP contribution in [-0.4, -0.2) is 47.4 Å². The van der Waals surface area contributed by atoms with Gasteiger partial charge in [-0.05, 0) is 32.1 Å². The fourth-order valence-electron chi connectivity index (χ4n) is 11.8. The number of rotatable bonds is 69. The molecule has 0 aliphatic rings. The van der Waals surface area contributed by atoms with Gasteiger partial charge in [0.2, 0.25) is 5.91 Å². The predicted molar refractivity (Wildman–Crippen MR) is 347 cm³/mol. The van der Waals surface area contributed by atoms with E-state index in [4.69, 9.17) is 4.74 Å². The number of amides is 1. The molecule has 0 aliphatic heterocycles. The van der Waals surface area contributed by atoms with Crippen molar-refractivity contribution in [2.75, 3.05) is 13.2 Å². The van der Waals surface area contributed by atoms with Crippen LogP contribution in [0, 0.1) is 0 Å². The molecule has 3 N–H and O–H groups in total. The summed E-state index contributed by atoms with van der Waals surface area (Å²) in [6.45, 7) is 4.96. The Kier molecular flexibility index (Phi) is 67.9. The van der Waals surface area contributed by atoms with Gasteiger partial charge in [-0.2, -0.15) is 0 Å². The molecular formula is C73H143NO5. The van der Waals surface area contributed by atoms with E-state index < -0.39 is 12.1 Å². The van der Waals surface area contributed by atoms with Gasteiger partial charge in [-0.15, -0.1) is 0 Å². The molecule has 2 atom stereocenters. The fourth-order valence-corrected chi connectivity index (χ4v) is 11.8. The molecule has 0 aliphatic carbocycles. The van der Waals surface area contributed by atoms with E-state index in [0.717, 1.165) is 38.5 Å². The lowest BCUT2D eigenvalue weighted by atomic mass is 10.0. The molecule has 6 nitrogen and oxygen atoms in total. The Hall–Kier alpha value is -1.40. The fraction of sp³-hybridized carbons (Fsp3) is 0.945. The second-order valence-corrected chi connectivity index (χ2v) is 25.3. The van der Waals surface area contributed by atoms with Crippen LogP contribution >= 0.6 is 0 Å². The van der Waals surface area contributed by atoms with Crippen molar-refractivity contribution in [2.24, 2.45) is 0 Å². The van der Waals surface area contributed by atoms with Crippen molar-refractivity contribution in [2.45, 2.75) is 431 Å². The first-order valence-corrected chi connectivity index (χ1v) is 36.5. The van der Waals surface area contributed by atoms with E-state index in [1.165, 1.54) is 353 Å². The molecule has 2 unspecified atom stereocenters. The molecule has 79 heavy (non-hydrogen) atoms. The molecule has 0 radical (unpaired) electrons. The second kappa shape index (κ2) is 69.1. The molecule has 0 heterocycles. The standard InChI is InChI=1S/C73H143NO5/c1-3-5-7-9-11-13-15-17-19-20-21-22-26-29-32-35-38-41-45-49-53-57-61-65-71(76)70(69-75)74-72(77)66-62-58-54-50-46-42-39-36-33-30-27-24-23-25-28-31-34-37-40-44-48-52-56-60-64-68-79-73(78)67-63-59-55-51-47-43-18-16-14-12-10-8-6-4-2/h61,65,70-71,75-76H,3-60,62-64,66-69H2,1-2H3,(H,74,77)/b65-61+. The van der Waals surface area contributed by atoms with Crippen molar-refractivity contribution in [1.82, 2.24) is 5.32 Å². The van der Waals surface area contributed by atoms with Crippen LogP contribution in [0.1, 0.15) is 418 Å². The molecule has 0 rings (SSSR count). The van der Waals surface area contributed by atoms with Crippen LogP contribution < -0.4 is 5.32 Å². The van der Waals surface area contributed by atoms with Gasteiger partial charge in [0.15, 0.2) is 0 Å². The molecule has 0 spiro atoms. The molecular weight excluding hydrogens is 971 g/mol. The number of hydrogen-bond acceptors (Lipinski definition) is 5. The number of carbonyl (C=O) groups is 2. The zero-order chi connectivity index (χ0) is 57.1. The van der Waals surface area contributed by atoms with E-state index in [9.17, 15) is 19.8 Å². The third kappa shape index (κ3) is 65.6. The molecule has 0 aromatic rings. The smallest absolute Gasteiger partial charge is 0.305 e. The summed E-state index contributed by atoms with van der Waals surface area (Å²) in [5.74, 6) is -0.0417. The van der Waals surface area contributed by atoms with E-state index >= 15 is 0 Å². The largest absolute Gasteiger partial charge is 0.466 e.